The summed E-state index contributed by atoms with van der Waals surface area (Å²) in [6, 6.07) is 5.64. The van der Waals surface area contributed by atoms with Crippen molar-refractivity contribution in [2.24, 2.45) is 5.41 Å². The molecule has 0 atom stereocenters. The largest absolute Gasteiger partial charge is 0.497 e. The van der Waals surface area contributed by atoms with Gasteiger partial charge >= 0.3 is 0 Å². The number of hydrogen-bond donors (Lipinski definition) is 0. The number of aromatic nitrogens is 1. The Morgan fingerprint density at radius 2 is 2.05 bits per heavy atom. The van der Waals surface area contributed by atoms with E-state index < -0.39 is 0 Å². The smallest absolute Gasteiger partial charge is 0.125 e. The molecule has 1 heterocycles. The van der Waals surface area contributed by atoms with Gasteiger partial charge in [0.25, 0.3) is 0 Å². The minimum atomic E-state index is 0.240. The van der Waals surface area contributed by atoms with Crippen LogP contribution in [-0.4, -0.2) is 12.1 Å². The van der Waals surface area contributed by atoms with Crippen molar-refractivity contribution in [3.63, 3.8) is 0 Å². The molecule has 0 aliphatic rings. The Morgan fingerprint density at radius 3 is 2.68 bits per heavy atom. The second-order valence-corrected chi connectivity index (χ2v) is 6.99. The van der Waals surface area contributed by atoms with Gasteiger partial charge in [-0.15, -0.1) is 11.3 Å². The van der Waals surface area contributed by atoms with E-state index in [9.17, 15) is 0 Å². The summed E-state index contributed by atoms with van der Waals surface area (Å²) in [5.41, 5.74) is 2.29. The first-order valence-electron chi connectivity index (χ1n) is 6.17. The zero-order valence-electron chi connectivity index (χ0n) is 11.7. The number of hydrogen-bond acceptors (Lipinski definition) is 3. The zero-order chi connectivity index (χ0) is 14.0. The highest BCUT2D eigenvalue weighted by Crippen LogP contribution is 2.34. The summed E-state index contributed by atoms with van der Waals surface area (Å²) in [5, 5.41) is 3.76. The fourth-order valence-corrected chi connectivity index (χ4v) is 2.96. The number of halogens is 1. The summed E-state index contributed by atoms with van der Waals surface area (Å²) in [4.78, 5) is 4.68. The Balaban J connectivity index is 2.32. The molecule has 2 rings (SSSR count). The summed E-state index contributed by atoms with van der Waals surface area (Å²) < 4.78 is 5.24. The van der Waals surface area contributed by atoms with E-state index in [1.165, 1.54) is 0 Å². The second-order valence-electron chi connectivity index (χ2n) is 5.73. The van der Waals surface area contributed by atoms with Crippen LogP contribution in [0.1, 0.15) is 26.5 Å². The van der Waals surface area contributed by atoms with Crippen LogP contribution in [0.3, 0.4) is 0 Å². The molecule has 0 fully saturated rings. The fraction of sp³-hybridized carbons (Fsp3) is 0.400. The Labute approximate surface area is 123 Å². The fourth-order valence-electron chi connectivity index (χ4n) is 1.85. The van der Waals surface area contributed by atoms with E-state index in [2.05, 4.69) is 31.1 Å². The van der Waals surface area contributed by atoms with Crippen molar-refractivity contribution in [1.82, 2.24) is 4.98 Å². The highest BCUT2D eigenvalue weighted by molar-refractivity contribution is 7.13. The van der Waals surface area contributed by atoms with Gasteiger partial charge in [0.05, 0.1) is 17.8 Å². The van der Waals surface area contributed by atoms with Gasteiger partial charge < -0.3 is 4.74 Å². The van der Waals surface area contributed by atoms with Crippen molar-refractivity contribution in [2.45, 2.75) is 27.2 Å². The number of benzene rings is 1. The van der Waals surface area contributed by atoms with E-state index in [1.807, 2.05) is 18.2 Å². The van der Waals surface area contributed by atoms with Crippen LogP contribution in [0.4, 0.5) is 0 Å². The van der Waals surface area contributed by atoms with E-state index in [0.29, 0.717) is 5.02 Å². The quantitative estimate of drug-likeness (QED) is 0.789. The van der Waals surface area contributed by atoms with Crippen LogP contribution in [0.2, 0.25) is 5.02 Å². The van der Waals surface area contributed by atoms with Crippen molar-refractivity contribution in [1.29, 1.82) is 0 Å². The average molecular weight is 296 g/mol. The van der Waals surface area contributed by atoms with Gasteiger partial charge in [-0.3, -0.25) is 0 Å². The second kappa shape index (κ2) is 5.51. The maximum atomic E-state index is 6.24. The van der Waals surface area contributed by atoms with Crippen LogP contribution < -0.4 is 4.74 Å². The number of thiazole rings is 1. The standard InChI is InChI=1S/C15H18ClNOS/c1-15(2,3)8-10-9-19-14(17-10)12-7-11(18-4)5-6-13(12)16/h5-7,9H,8H2,1-4H3. The Bertz CT molecular complexity index is 572. The van der Waals surface area contributed by atoms with E-state index in [-0.39, 0.29) is 5.41 Å². The van der Waals surface area contributed by atoms with Crippen molar-refractivity contribution in [3.8, 4) is 16.3 Å². The van der Waals surface area contributed by atoms with Crippen molar-refractivity contribution >= 4 is 22.9 Å². The Hall–Kier alpha value is -1.06. The maximum absolute atomic E-state index is 6.24. The van der Waals surface area contributed by atoms with Crippen LogP contribution >= 0.6 is 22.9 Å². The third kappa shape index (κ3) is 3.71. The van der Waals surface area contributed by atoms with Gasteiger partial charge in [-0.1, -0.05) is 32.4 Å². The molecule has 0 bridgehead atoms. The molecular weight excluding hydrogens is 278 g/mol. The molecule has 4 heteroatoms. The molecule has 0 N–H and O–H groups in total. The zero-order valence-corrected chi connectivity index (χ0v) is 13.2. The molecule has 102 valence electrons. The summed E-state index contributed by atoms with van der Waals surface area (Å²) >= 11 is 7.87. The number of nitrogens with zero attached hydrogens (tertiary/aromatic N) is 1. The average Bonchev–Trinajstić information content (AvgIpc) is 2.75. The van der Waals surface area contributed by atoms with E-state index in [4.69, 9.17) is 16.3 Å². The summed E-state index contributed by atoms with van der Waals surface area (Å²) in [6.45, 7) is 6.64. The van der Waals surface area contributed by atoms with E-state index in [0.717, 1.165) is 28.4 Å². The lowest BCUT2D eigenvalue weighted by atomic mass is 9.91. The van der Waals surface area contributed by atoms with Crippen LogP contribution in [0.25, 0.3) is 10.6 Å². The Kier molecular flexibility index (Phi) is 4.16. The maximum Gasteiger partial charge on any atom is 0.125 e. The van der Waals surface area contributed by atoms with Gasteiger partial charge in [-0.25, -0.2) is 4.98 Å². The third-order valence-electron chi connectivity index (χ3n) is 2.67. The normalized spacial score (nSPS) is 11.6. The first kappa shape index (κ1) is 14.4. The van der Waals surface area contributed by atoms with Gasteiger partial charge in [-0.05, 0) is 30.0 Å². The van der Waals surface area contributed by atoms with Gasteiger partial charge in [-0.2, -0.15) is 0 Å². The van der Waals surface area contributed by atoms with E-state index in [1.54, 1.807) is 18.4 Å². The van der Waals surface area contributed by atoms with Crippen LogP contribution in [-0.2, 0) is 6.42 Å². The molecule has 1 aromatic carbocycles. The third-order valence-corrected chi connectivity index (χ3v) is 3.92. The van der Waals surface area contributed by atoms with Crippen molar-refractivity contribution in [3.05, 3.63) is 34.3 Å². The van der Waals surface area contributed by atoms with Crippen molar-refractivity contribution in [2.75, 3.05) is 7.11 Å². The molecule has 0 unspecified atom stereocenters. The van der Waals surface area contributed by atoms with Gasteiger partial charge in [0.15, 0.2) is 0 Å². The molecule has 0 saturated carbocycles. The Morgan fingerprint density at radius 1 is 1.32 bits per heavy atom. The molecule has 1 aromatic heterocycles. The van der Waals surface area contributed by atoms with Crippen LogP contribution in [0.15, 0.2) is 23.6 Å². The number of rotatable bonds is 3. The highest BCUT2D eigenvalue weighted by atomic mass is 35.5. The lowest BCUT2D eigenvalue weighted by Crippen LogP contribution is -2.09. The predicted octanol–water partition coefficient (Wildman–Crippen LogP) is 5.06. The molecule has 0 aliphatic carbocycles. The molecule has 2 nitrogen and oxygen atoms in total. The summed E-state index contributed by atoms with van der Waals surface area (Å²) in [7, 11) is 1.65. The predicted molar refractivity (Wildman–Crippen MR) is 82.3 cm³/mol. The van der Waals surface area contributed by atoms with Gasteiger partial charge in [0, 0.05) is 10.9 Å². The number of ether oxygens (including phenoxy) is 1. The summed E-state index contributed by atoms with van der Waals surface area (Å²) in [5.74, 6) is 0.798. The van der Waals surface area contributed by atoms with Crippen LogP contribution in [0, 0.1) is 5.41 Å². The topological polar surface area (TPSA) is 22.1 Å². The first-order valence-corrected chi connectivity index (χ1v) is 7.43. The molecule has 0 spiro atoms. The molecular formula is C15H18ClNOS. The van der Waals surface area contributed by atoms with E-state index >= 15 is 0 Å². The number of methoxy groups -OCH3 is 1. The lowest BCUT2D eigenvalue weighted by molar-refractivity contribution is 0.407. The molecule has 0 saturated heterocycles. The highest BCUT2D eigenvalue weighted by Gasteiger charge is 2.15. The summed E-state index contributed by atoms with van der Waals surface area (Å²) in [6.07, 6.45) is 0.963. The molecule has 2 aromatic rings. The molecule has 0 radical (unpaired) electrons. The first-order chi connectivity index (χ1) is 8.89. The molecule has 0 amide bonds. The van der Waals surface area contributed by atoms with Gasteiger partial charge in [0.1, 0.15) is 10.8 Å². The monoisotopic (exact) mass is 295 g/mol. The van der Waals surface area contributed by atoms with Crippen LogP contribution in [0.5, 0.6) is 5.75 Å². The SMILES string of the molecule is COc1ccc(Cl)c(-c2nc(CC(C)(C)C)cs2)c1. The minimum absolute atomic E-state index is 0.240. The minimum Gasteiger partial charge on any atom is -0.497 e. The van der Waals surface area contributed by atoms with Gasteiger partial charge in [0.2, 0.25) is 0 Å². The molecule has 0 aliphatic heterocycles. The molecule has 19 heavy (non-hydrogen) atoms. The lowest BCUT2D eigenvalue weighted by Gasteiger charge is -2.15. The van der Waals surface area contributed by atoms with Crippen molar-refractivity contribution < 1.29 is 4.74 Å².